The first kappa shape index (κ1) is 12.8. The van der Waals surface area contributed by atoms with Crippen molar-refractivity contribution in [1.82, 2.24) is 15.3 Å². The molecule has 0 aliphatic heterocycles. The van der Waals surface area contributed by atoms with Crippen LogP contribution in [0.15, 0.2) is 6.20 Å². The van der Waals surface area contributed by atoms with Crippen LogP contribution in [0.5, 0.6) is 0 Å². The van der Waals surface area contributed by atoms with Crippen molar-refractivity contribution in [2.75, 3.05) is 5.73 Å². The van der Waals surface area contributed by atoms with Gasteiger partial charge in [0.1, 0.15) is 5.82 Å². The van der Waals surface area contributed by atoms with Gasteiger partial charge in [-0.3, -0.25) is 4.79 Å². The Morgan fingerprint density at radius 3 is 2.67 bits per heavy atom. The van der Waals surface area contributed by atoms with E-state index < -0.39 is 0 Å². The van der Waals surface area contributed by atoms with Crippen LogP contribution in [-0.4, -0.2) is 21.9 Å². The Balaban J connectivity index is 2.17. The van der Waals surface area contributed by atoms with E-state index in [1.165, 1.54) is 6.20 Å². The zero-order valence-electron chi connectivity index (χ0n) is 11.3. The highest BCUT2D eigenvalue weighted by Gasteiger charge is 2.46. The number of hydrogen-bond acceptors (Lipinski definition) is 4. The van der Waals surface area contributed by atoms with Crippen molar-refractivity contribution in [2.24, 2.45) is 5.41 Å². The summed E-state index contributed by atoms with van der Waals surface area (Å²) < 4.78 is 0. The average molecular weight is 248 g/mol. The molecule has 1 fully saturated rings. The third kappa shape index (κ3) is 2.44. The van der Waals surface area contributed by atoms with E-state index in [0.717, 1.165) is 6.42 Å². The van der Waals surface area contributed by atoms with Crippen LogP contribution in [0, 0.1) is 5.41 Å². The molecule has 5 nitrogen and oxygen atoms in total. The predicted octanol–water partition coefficient (Wildman–Crippen LogP) is 1.71. The normalized spacial score (nSPS) is 20.8. The van der Waals surface area contributed by atoms with Gasteiger partial charge in [-0.05, 0) is 11.8 Å². The molecule has 3 N–H and O–H groups in total. The fourth-order valence-electron chi connectivity index (χ4n) is 1.81. The van der Waals surface area contributed by atoms with Crippen molar-refractivity contribution in [3.8, 4) is 0 Å². The minimum Gasteiger partial charge on any atom is -0.396 e. The monoisotopic (exact) mass is 248 g/mol. The summed E-state index contributed by atoms with van der Waals surface area (Å²) >= 11 is 0. The summed E-state index contributed by atoms with van der Waals surface area (Å²) in [5.41, 5.74) is 6.58. The predicted molar refractivity (Wildman–Crippen MR) is 70.2 cm³/mol. The molecule has 1 amide bonds. The van der Waals surface area contributed by atoms with Crippen molar-refractivity contribution < 1.29 is 4.79 Å². The van der Waals surface area contributed by atoms with Gasteiger partial charge in [0.15, 0.2) is 5.69 Å². The molecule has 1 aliphatic carbocycles. The Morgan fingerprint density at radius 2 is 2.17 bits per heavy atom. The van der Waals surface area contributed by atoms with Crippen LogP contribution in [0.25, 0.3) is 0 Å². The molecule has 5 heteroatoms. The number of carbonyl (C=O) groups excluding carboxylic acids is 1. The first-order valence-corrected chi connectivity index (χ1v) is 6.24. The van der Waals surface area contributed by atoms with Gasteiger partial charge in [0.25, 0.3) is 5.91 Å². The second kappa shape index (κ2) is 4.23. The van der Waals surface area contributed by atoms with Crippen LogP contribution in [0.3, 0.4) is 0 Å². The Labute approximate surface area is 107 Å². The minimum absolute atomic E-state index is 0.175. The minimum atomic E-state index is -0.202. The van der Waals surface area contributed by atoms with E-state index in [1.807, 2.05) is 13.8 Å². The number of rotatable bonds is 3. The summed E-state index contributed by atoms with van der Waals surface area (Å²) in [5.74, 6) is 0.617. The van der Waals surface area contributed by atoms with E-state index in [-0.39, 0.29) is 29.0 Å². The first-order valence-electron chi connectivity index (χ1n) is 6.24. The lowest BCUT2D eigenvalue weighted by Crippen LogP contribution is -2.30. The number of aromatic nitrogens is 2. The maximum atomic E-state index is 12.1. The Kier molecular flexibility index (Phi) is 3.00. The number of nitrogens with zero attached hydrogens (tertiary/aromatic N) is 2. The third-order valence-electron chi connectivity index (χ3n) is 3.39. The van der Waals surface area contributed by atoms with Gasteiger partial charge in [-0.25, -0.2) is 9.97 Å². The highest BCUT2D eigenvalue weighted by Crippen LogP contribution is 2.44. The molecular weight excluding hydrogens is 228 g/mol. The van der Waals surface area contributed by atoms with Gasteiger partial charge in [-0.15, -0.1) is 0 Å². The number of nitrogens with two attached hydrogens (primary N) is 1. The smallest absolute Gasteiger partial charge is 0.272 e. The molecule has 0 bridgehead atoms. The number of nitrogens with one attached hydrogen (secondary N) is 1. The van der Waals surface area contributed by atoms with Crippen LogP contribution in [0.1, 0.15) is 56.3 Å². The van der Waals surface area contributed by atoms with Crippen molar-refractivity contribution in [3.63, 3.8) is 0 Å². The van der Waals surface area contributed by atoms with E-state index in [4.69, 9.17) is 5.73 Å². The summed E-state index contributed by atoms with van der Waals surface area (Å²) in [6, 6.07) is 0.224. The van der Waals surface area contributed by atoms with Crippen molar-refractivity contribution in [2.45, 2.75) is 46.1 Å². The van der Waals surface area contributed by atoms with Crippen molar-refractivity contribution in [1.29, 1.82) is 0 Å². The number of hydrogen-bond donors (Lipinski definition) is 2. The fourth-order valence-corrected chi connectivity index (χ4v) is 1.81. The summed E-state index contributed by atoms with van der Waals surface area (Å²) in [5, 5.41) is 2.96. The lowest BCUT2D eigenvalue weighted by molar-refractivity contribution is 0.0942. The number of anilines is 1. The molecule has 0 saturated heterocycles. The Hall–Kier alpha value is -1.65. The fraction of sp³-hybridized carbons (Fsp3) is 0.615. The van der Waals surface area contributed by atoms with Gasteiger partial charge in [0.2, 0.25) is 0 Å². The van der Waals surface area contributed by atoms with Gasteiger partial charge in [-0.1, -0.05) is 27.7 Å². The van der Waals surface area contributed by atoms with E-state index in [9.17, 15) is 4.79 Å². The third-order valence-corrected chi connectivity index (χ3v) is 3.39. The van der Waals surface area contributed by atoms with Crippen LogP contribution in [0.4, 0.5) is 5.69 Å². The van der Waals surface area contributed by atoms with E-state index in [1.54, 1.807) is 0 Å². The van der Waals surface area contributed by atoms with Gasteiger partial charge in [0, 0.05) is 12.0 Å². The molecule has 1 heterocycles. The molecule has 1 aliphatic rings. The number of nitrogen functional groups attached to an aromatic ring is 1. The van der Waals surface area contributed by atoms with Gasteiger partial charge in [0.05, 0.1) is 11.9 Å². The molecule has 0 radical (unpaired) electrons. The highest BCUT2D eigenvalue weighted by molar-refractivity contribution is 5.97. The van der Waals surface area contributed by atoms with Gasteiger partial charge in [-0.2, -0.15) is 0 Å². The highest BCUT2D eigenvalue weighted by atomic mass is 16.2. The topological polar surface area (TPSA) is 80.9 Å². The molecule has 1 unspecified atom stereocenters. The van der Waals surface area contributed by atoms with Gasteiger partial charge < -0.3 is 11.1 Å². The first-order chi connectivity index (χ1) is 8.31. The molecule has 2 rings (SSSR count). The number of carbonyl (C=O) groups is 1. The van der Waals surface area contributed by atoms with Crippen LogP contribution >= 0.6 is 0 Å². The van der Waals surface area contributed by atoms with Crippen molar-refractivity contribution in [3.05, 3.63) is 17.7 Å². The SMILES string of the molecule is CC(C)c1ncc(N)c(C(=O)NC2CC2(C)C)n1. The van der Waals surface area contributed by atoms with E-state index in [0.29, 0.717) is 11.5 Å². The van der Waals surface area contributed by atoms with Crippen LogP contribution < -0.4 is 11.1 Å². The second-order valence-corrected chi connectivity index (χ2v) is 5.91. The molecule has 1 atom stereocenters. The summed E-state index contributed by atoms with van der Waals surface area (Å²) in [6.07, 6.45) is 2.51. The standard InChI is InChI=1S/C13H20N4O/c1-7(2)11-15-6-8(14)10(17-11)12(18)16-9-5-13(9,3)4/h6-7,9H,5,14H2,1-4H3,(H,16,18). The Morgan fingerprint density at radius 1 is 1.56 bits per heavy atom. The summed E-state index contributed by atoms with van der Waals surface area (Å²) in [4.78, 5) is 20.5. The van der Waals surface area contributed by atoms with Crippen LogP contribution in [-0.2, 0) is 0 Å². The average Bonchev–Trinajstić information content (AvgIpc) is 2.85. The molecule has 98 valence electrons. The molecule has 1 aromatic heterocycles. The lowest BCUT2D eigenvalue weighted by atomic mass is 10.2. The largest absolute Gasteiger partial charge is 0.396 e. The van der Waals surface area contributed by atoms with Crippen LogP contribution in [0.2, 0.25) is 0 Å². The quantitative estimate of drug-likeness (QED) is 0.853. The maximum absolute atomic E-state index is 12.1. The molecule has 0 aromatic carbocycles. The Bertz CT molecular complexity index is 482. The lowest BCUT2D eigenvalue weighted by Gasteiger charge is -2.10. The zero-order chi connectivity index (χ0) is 13.5. The zero-order valence-corrected chi connectivity index (χ0v) is 11.3. The maximum Gasteiger partial charge on any atom is 0.272 e. The van der Waals surface area contributed by atoms with Crippen molar-refractivity contribution >= 4 is 11.6 Å². The number of amides is 1. The second-order valence-electron chi connectivity index (χ2n) is 5.91. The molecule has 18 heavy (non-hydrogen) atoms. The van der Waals surface area contributed by atoms with E-state index in [2.05, 4.69) is 29.1 Å². The molecule has 1 aromatic rings. The molecule has 1 saturated carbocycles. The van der Waals surface area contributed by atoms with E-state index >= 15 is 0 Å². The molecule has 0 spiro atoms. The summed E-state index contributed by atoms with van der Waals surface area (Å²) in [7, 11) is 0. The molecular formula is C13H20N4O. The summed E-state index contributed by atoms with van der Waals surface area (Å²) in [6.45, 7) is 8.22. The van der Waals surface area contributed by atoms with Gasteiger partial charge >= 0.3 is 0 Å².